The largest absolute Gasteiger partial charge is 0.494 e. The molecule has 0 heterocycles. The van der Waals surface area contributed by atoms with Gasteiger partial charge in [-0.05, 0) is 43.0 Å². The Balaban J connectivity index is 2.60. The number of terminal acetylenes is 1. The number of halogens is 1. The first-order valence-electron chi connectivity index (χ1n) is 6.27. The van der Waals surface area contributed by atoms with Gasteiger partial charge in [0.25, 0.3) is 0 Å². The first-order valence-corrected chi connectivity index (χ1v) is 7.07. The molecule has 2 N–H and O–H groups in total. The van der Waals surface area contributed by atoms with E-state index in [1.54, 1.807) is 0 Å². The predicted molar refractivity (Wildman–Crippen MR) is 79.7 cm³/mol. The van der Waals surface area contributed by atoms with Gasteiger partial charge in [0.05, 0.1) is 6.61 Å². The summed E-state index contributed by atoms with van der Waals surface area (Å²) < 4.78 is 6.75. The number of unbranched alkanes of at least 4 members (excludes halogenated alkanes) is 1. The Bertz CT molecular complexity index is 411. The van der Waals surface area contributed by atoms with Gasteiger partial charge in [-0.2, -0.15) is 0 Å². The van der Waals surface area contributed by atoms with Gasteiger partial charge in [0, 0.05) is 16.9 Å². The lowest BCUT2D eigenvalue weighted by Crippen LogP contribution is -2.21. The van der Waals surface area contributed by atoms with Gasteiger partial charge in [0.2, 0.25) is 0 Å². The molecule has 98 valence electrons. The van der Waals surface area contributed by atoms with Gasteiger partial charge < -0.3 is 10.5 Å². The molecule has 0 saturated heterocycles. The third kappa shape index (κ3) is 5.12. The van der Waals surface area contributed by atoms with Gasteiger partial charge >= 0.3 is 0 Å². The van der Waals surface area contributed by atoms with Crippen LogP contribution in [0.25, 0.3) is 0 Å². The van der Waals surface area contributed by atoms with Crippen LogP contribution in [-0.2, 0) is 6.42 Å². The second-order valence-electron chi connectivity index (χ2n) is 4.28. The van der Waals surface area contributed by atoms with E-state index in [1.807, 2.05) is 12.1 Å². The fraction of sp³-hybridized carbons (Fsp3) is 0.467. The predicted octanol–water partition coefficient (Wildman–Crippen LogP) is 3.52. The van der Waals surface area contributed by atoms with Crippen LogP contribution in [-0.4, -0.2) is 12.6 Å². The smallest absolute Gasteiger partial charge is 0.119 e. The first kappa shape index (κ1) is 15.1. The summed E-state index contributed by atoms with van der Waals surface area (Å²) in [5, 5.41) is 0. The summed E-state index contributed by atoms with van der Waals surface area (Å²) in [5.74, 6) is 3.49. The van der Waals surface area contributed by atoms with Crippen molar-refractivity contribution in [1.29, 1.82) is 0 Å². The summed E-state index contributed by atoms with van der Waals surface area (Å²) in [5.41, 5.74) is 7.17. The fourth-order valence-corrected chi connectivity index (χ4v) is 2.00. The van der Waals surface area contributed by atoms with Crippen LogP contribution in [0.2, 0.25) is 0 Å². The number of rotatable bonds is 7. The number of hydrogen-bond acceptors (Lipinski definition) is 2. The van der Waals surface area contributed by atoms with Crippen LogP contribution >= 0.6 is 15.9 Å². The molecular weight excluding hydrogens is 290 g/mol. The van der Waals surface area contributed by atoms with Crippen LogP contribution in [0.15, 0.2) is 22.7 Å². The van der Waals surface area contributed by atoms with E-state index in [4.69, 9.17) is 16.9 Å². The molecule has 1 aromatic carbocycles. The molecule has 0 spiro atoms. The fourth-order valence-electron chi connectivity index (χ4n) is 1.59. The molecule has 3 heteroatoms. The van der Waals surface area contributed by atoms with E-state index in [2.05, 4.69) is 34.8 Å². The Morgan fingerprint density at radius 2 is 2.28 bits per heavy atom. The summed E-state index contributed by atoms with van der Waals surface area (Å²) in [6.07, 6.45) is 8.67. The number of benzene rings is 1. The molecule has 0 radical (unpaired) electrons. The van der Waals surface area contributed by atoms with Gasteiger partial charge in [-0.15, -0.1) is 12.3 Å². The highest BCUT2D eigenvalue weighted by Gasteiger charge is 2.07. The van der Waals surface area contributed by atoms with Crippen molar-refractivity contribution in [2.24, 2.45) is 5.73 Å². The zero-order valence-electron chi connectivity index (χ0n) is 10.8. The molecule has 0 aromatic heterocycles. The molecule has 0 aliphatic carbocycles. The van der Waals surface area contributed by atoms with Crippen LogP contribution in [0.5, 0.6) is 5.75 Å². The maximum Gasteiger partial charge on any atom is 0.119 e. The molecule has 1 aromatic rings. The van der Waals surface area contributed by atoms with E-state index in [9.17, 15) is 0 Å². The maximum absolute atomic E-state index is 5.98. The standard InChI is InChI=1S/C15H20BrNO/c1-3-5-6-9-18-14-7-8-15(16)12(11-14)10-13(17)4-2/h1,7-8,11,13H,4-6,9-10,17H2,2H3. The van der Waals surface area contributed by atoms with Crippen molar-refractivity contribution < 1.29 is 4.74 Å². The summed E-state index contributed by atoms with van der Waals surface area (Å²) in [4.78, 5) is 0. The van der Waals surface area contributed by atoms with E-state index >= 15 is 0 Å². The normalized spacial score (nSPS) is 11.9. The van der Waals surface area contributed by atoms with E-state index in [1.165, 1.54) is 5.56 Å². The number of ether oxygens (including phenoxy) is 1. The third-order valence-electron chi connectivity index (χ3n) is 2.76. The first-order chi connectivity index (χ1) is 8.67. The van der Waals surface area contributed by atoms with Crippen LogP contribution in [0.1, 0.15) is 31.7 Å². The molecule has 1 rings (SSSR count). The minimum Gasteiger partial charge on any atom is -0.494 e. The van der Waals surface area contributed by atoms with Crippen LogP contribution < -0.4 is 10.5 Å². The summed E-state index contributed by atoms with van der Waals surface area (Å²) >= 11 is 3.54. The second kappa shape index (κ2) is 8.18. The Kier molecular flexibility index (Phi) is 6.85. The molecule has 1 unspecified atom stereocenters. The lowest BCUT2D eigenvalue weighted by atomic mass is 10.0. The zero-order valence-corrected chi connectivity index (χ0v) is 12.4. The van der Waals surface area contributed by atoms with E-state index in [0.717, 1.165) is 35.9 Å². The van der Waals surface area contributed by atoms with Crippen molar-refractivity contribution in [3.05, 3.63) is 28.2 Å². The molecular formula is C15H20BrNO. The molecule has 0 amide bonds. The molecule has 0 aliphatic rings. The van der Waals surface area contributed by atoms with Crippen molar-refractivity contribution in [2.75, 3.05) is 6.61 Å². The van der Waals surface area contributed by atoms with E-state index < -0.39 is 0 Å². The Morgan fingerprint density at radius 3 is 2.94 bits per heavy atom. The van der Waals surface area contributed by atoms with Crippen LogP contribution in [0, 0.1) is 12.3 Å². The lowest BCUT2D eigenvalue weighted by Gasteiger charge is -2.12. The zero-order chi connectivity index (χ0) is 13.4. The molecule has 1 atom stereocenters. The van der Waals surface area contributed by atoms with E-state index in [-0.39, 0.29) is 6.04 Å². The third-order valence-corrected chi connectivity index (χ3v) is 3.53. The van der Waals surface area contributed by atoms with Gasteiger partial charge in [-0.25, -0.2) is 0 Å². The molecule has 0 aliphatic heterocycles. The summed E-state index contributed by atoms with van der Waals surface area (Å²) in [6.45, 7) is 2.75. The lowest BCUT2D eigenvalue weighted by molar-refractivity contribution is 0.312. The highest BCUT2D eigenvalue weighted by Crippen LogP contribution is 2.24. The SMILES string of the molecule is C#CCCCOc1ccc(Br)c(CC(N)CC)c1. The van der Waals surface area contributed by atoms with E-state index in [0.29, 0.717) is 6.61 Å². The van der Waals surface area contributed by atoms with Gasteiger partial charge in [-0.1, -0.05) is 22.9 Å². The summed E-state index contributed by atoms with van der Waals surface area (Å²) in [7, 11) is 0. The number of hydrogen-bond donors (Lipinski definition) is 1. The highest BCUT2D eigenvalue weighted by atomic mass is 79.9. The van der Waals surface area contributed by atoms with Gasteiger partial charge in [-0.3, -0.25) is 0 Å². The average Bonchev–Trinajstić information content (AvgIpc) is 2.38. The topological polar surface area (TPSA) is 35.2 Å². The summed E-state index contributed by atoms with van der Waals surface area (Å²) in [6, 6.07) is 6.21. The Morgan fingerprint density at radius 1 is 1.50 bits per heavy atom. The number of nitrogens with two attached hydrogens (primary N) is 1. The molecule has 0 bridgehead atoms. The minimum absolute atomic E-state index is 0.193. The van der Waals surface area contributed by atoms with Crippen molar-refractivity contribution in [2.45, 2.75) is 38.6 Å². The second-order valence-corrected chi connectivity index (χ2v) is 5.14. The minimum atomic E-state index is 0.193. The van der Waals surface area contributed by atoms with Crippen molar-refractivity contribution in [1.82, 2.24) is 0 Å². The van der Waals surface area contributed by atoms with Crippen molar-refractivity contribution in [3.8, 4) is 18.1 Å². The molecule has 0 saturated carbocycles. The highest BCUT2D eigenvalue weighted by molar-refractivity contribution is 9.10. The van der Waals surface area contributed by atoms with Crippen molar-refractivity contribution in [3.63, 3.8) is 0 Å². The van der Waals surface area contributed by atoms with Gasteiger partial charge in [0.15, 0.2) is 0 Å². The molecule has 0 fully saturated rings. The molecule has 18 heavy (non-hydrogen) atoms. The molecule has 2 nitrogen and oxygen atoms in total. The Hall–Kier alpha value is -0.980. The maximum atomic E-state index is 5.98. The average molecular weight is 310 g/mol. The van der Waals surface area contributed by atoms with Crippen LogP contribution in [0.3, 0.4) is 0 Å². The quantitative estimate of drug-likeness (QED) is 0.618. The monoisotopic (exact) mass is 309 g/mol. The Labute approximate surface area is 118 Å². The van der Waals surface area contributed by atoms with Gasteiger partial charge in [0.1, 0.15) is 5.75 Å². The van der Waals surface area contributed by atoms with Crippen molar-refractivity contribution >= 4 is 15.9 Å². The van der Waals surface area contributed by atoms with Crippen LogP contribution in [0.4, 0.5) is 0 Å².